The minimum atomic E-state index is -1.06. The van der Waals surface area contributed by atoms with Crippen molar-refractivity contribution in [3.63, 3.8) is 0 Å². The van der Waals surface area contributed by atoms with Crippen molar-refractivity contribution in [2.45, 2.75) is 78.2 Å². The number of carbonyl (C=O) groups is 3. The van der Waals surface area contributed by atoms with Crippen LogP contribution < -0.4 is 15.2 Å². The highest BCUT2D eigenvalue weighted by Crippen LogP contribution is 2.35. The van der Waals surface area contributed by atoms with E-state index in [1.165, 1.54) is 4.90 Å². The van der Waals surface area contributed by atoms with Gasteiger partial charge in [0.1, 0.15) is 17.2 Å². The maximum absolute atomic E-state index is 13.0. The van der Waals surface area contributed by atoms with Crippen LogP contribution in [0.4, 0.5) is 4.79 Å². The Balaban J connectivity index is 2.39. The topological polar surface area (TPSA) is 128 Å². The molecular weight excluding hydrogens is 476 g/mol. The second kappa shape index (κ2) is 12.6. The van der Waals surface area contributed by atoms with Crippen LogP contribution in [0.2, 0.25) is 0 Å². The van der Waals surface area contributed by atoms with E-state index in [0.29, 0.717) is 11.3 Å². The molecule has 0 fully saturated rings. The molecule has 2 aromatic rings. The lowest BCUT2D eigenvalue weighted by molar-refractivity contribution is -0.137. The molecule has 0 aliphatic carbocycles. The van der Waals surface area contributed by atoms with Crippen molar-refractivity contribution in [3.05, 3.63) is 59.7 Å². The molecule has 2 aromatic carbocycles. The van der Waals surface area contributed by atoms with Gasteiger partial charge in [0.15, 0.2) is 11.5 Å². The van der Waals surface area contributed by atoms with Gasteiger partial charge in [-0.05, 0) is 59.6 Å². The van der Waals surface area contributed by atoms with Gasteiger partial charge in [-0.3, -0.25) is 4.79 Å². The quantitative estimate of drug-likeness (QED) is 0.349. The van der Waals surface area contributed by atoms with Crippen LogP contribution in [0.3, 0.4) is 0 Å². The maximum atomic E-state index is 13.0. The lowest BCUT2D eigenvalue weighted by Crippen LogP contribution is -2.38. The fourth-order valence-electron chi connectivity index (χ4n) is 3.34. The van der Waals surface area contributed by atoms with Crippen LogP contribution in [0.5, 0.6) is 11.5 Å². The molecular formula is C28H38N2O7. The number of carboxylic acid groups (broad SMARTS) is 1. The summed E-state index contributed by atoms with van der Waals surface area (Å²) in [6.07, 6.45) is -0.692. The van der Waals surface area contributed by atoms with Crippen molar-refractivity contribution >= 4 is 18.0 Å². The number of aliphatic carboxylic acids is 1. The Morgan fingerprint density at radius 1 is 0.946 bits per heavy atom. The van der Waals surface area contributed by atoms with Crippen molar-refractivity contribution < 1.29 is 33.7 Å². The average molecular weight is 515 g/mol. The molecule has 0 bridgehead atoms. The van der Waals surface area contributed by atoms with Crippen molar-refractivity contribution in [2.75, 3.05) is 6.54 Å². The first-order chi connectivity index (χ1) is 17.1. The Bertz CT molecular complexity index is 1070. The Labute approximate surface area is 218 Å². The number of ether oxygens (including phenoxy) is 3. The number of esters is 1. The summed E-state index contributed by atoms with van der Waals surface area (Å²) in [6.45, 7) is 10.6. The number of hydrogen-bond donors (Lipinski definition) is 2. The van der Waals surface area contributed by atoms with E-state index < -0.39 is 35.3 Å². The maximum Gasteiger partial charge on any atom is 0.410 e. The van der Waals surface area contributed by atoms with E-state index in [9.17, 15) is 19.5 Å². The number of para-hydroxylation sites is 1. The molecule has 2 rings (SSSR count). The summed E-state index contributed by atoms with van der Waals surface area (Å²) in [5, 5.41) is 9.19. The fraction of sp³-hybridized carbons (Fsp3) is 0.464. The number of nitrogens with zero attached hydrogens (tertiary/aromatic N) is 1. The summed E-state index contributed by atoms with van der Waals surface area (Å²) < 4.78 is 17.3. The summed E-state index contributed by atoms with van der Waals surface area (Å²) >= 11 is 0. The highest BCUT2D eigenvalue weighted by Gasteiger charge is 2.27. The average Bonchev–Trinajstić information content (AvgIpc) is 2.76. The van der Waals surface area contributed by atoms with Gasteiger partial charge in [-0.1, -0.05) is 42.5 Å². The standard InChI is InChI=1S/C28H38N2O7/c1-27(2,3)36-22-14-10-13-20(18-30(16-15-23(31)32)26(34)37-28(4,5)6)24(22)35-25(33)21(29)17-19-11-8-7-9-12-19/h7-14,21H,15-18,29H2,1-6H3,(H,31,32)/t21-/m0/s1. The molecule has 0 aliphatic rings. The molecule has 3 N–H and O–H groups in total. The minimum Gasteiger partial charge on any atom is -0.484 e. The fourth-order valence-corrected chi connectivity index (χ4v) is 3.34. The number of amides is 1. The van der Waals surface area contributed by atoms with E-state index in [1.807, 2.05) is 51.1 Å². The van der Waals surface area contributed by atoms with Gasteiger partial charge >= 0.3 is 18.0 Å². The van der Waals surface area contributed by atoms with Gasteiger partial charge in [-0.15, -0.1) is 0 Å². The lowest BCUT2D eigenvalue weighted by atomic mass is 10.1. The van der Waals surface area contributed by atoms with Crippen molar-refractivity contribution in [1.82, 2.24) is 4.90 Å². The zero-order valence-electron chi connectivity index (χ0n) is 22.4. The van der Waals surface area contributed by atoms with E-state index in [1.54, 1.807) is 39.0 Å². The number of hydrogen-bond acceptors (Lipinski definition) is 7. The van der Waals surface area contributed by atoms with Crippen molar-refractivity contribution in [2.24, 2.45) is 5.73 Å². The number of carbonyl (C=O) groups excluding carboxylic acids is 2. The van der Waals surface area contributed by atoms with E-state index in [0.717, 1.165) is 5.56 Å². The van der Waals surface area contributed by atoms with Crippen LogP contribution in [0.1, 0.15) is 59.1 Å². The molecule has 1 amide bonds. The number of nitrogens with two attached hydrogens (primary N) is 1. The molecule has 0 spiro atoms. The molecule has 202 valence electrons. The van der Waals surface area contributed by atoms with Crippen LogP contribution in [0, 0.1) is 0 Å². The molecule has 9 nitrogen and oxygen atoms in total. The number of rotatable bonds is 10. The number of carboxylic acids is 1. The summed E-state index contributed by atoms with van der Waals surface area (Å²) in [4.78, 5) is 38.4. The first kappa shape index (κ1) is 29.6. The van der Waals surface area contributed by atoms with Crippen LogP contribution in [-0.2, 0) is 27.3 Å². The van der Waals surface area contributed by atoms with E-state index in [4.69, 9.17) is 19.9 Å². The SMILES string of the molecule is CC(C)(C)OC(=O)N(CCC(=O)O)Cc1cccc(OC(C)(C)C)c1OC(=O)[C@@H](N)Cc1ccccc1. The van der Waals surface area contributed by atoms with Crippen LogP contribution >= 0.6 is 0 Å². The predicted octanol–water partition coefficient (Wildman–Crippen LogP) is 4.55. The molecule has 1 atom stereocenters. The van der Waals surface area contributed by atoms with Gasteiger partial charge in [0, 0.05) is 12.1 Å². The van der Waals surface area contributed by atoms with Crippen molar-refractivity contribution in [1.29, 1.82) is 0 Å². The highest BCUT2D eigenvalue weighted by atomic mass is 16.6. The van der Waals surface area contributed by atoms with Crippen molar-refractivity contribution in [3.8, 4) is 11.5 Å². The van der Waals surface area contributed by atoms with Gasteiger partial charge in [0.05, 0.1) is 13.0 Å². The van der Waals surface area contributed by atoms with Crippen LogP contribution in [0.15, 0.2) is 48.5 Å². The summed E-state index contributed by atoms with van der Waals surface area (Å²) in [7, 11) is 0. The Kier molecular flexibility index (Phi) is 10.1. The first-order valence-electron chi connectivity index (χ1n) is 12.2. The lowest BCUT2D eigenvalue weighted by Gasteiger charge is -2.29. The third kappa shape index (κ3) is 10.5. The predicted molar refractivity (Wildman–Crippen MR) is 139 cm³/mol. The zero-order chi connectivity index (χ0) is 27.8. The van der Waals surface area contributed by atoms with Crippen LogP contribution in [0.25, 0.3) is 0 Å². The van der Waals surface area contributed by atoms with Gasteiger partial charge in [-0.25, -0.2) is 9.59 Å². The molecule has 0 radical (unpaired) electrons. The van der Waals surface area contributed by atoms with Gasteiger partial charge < -0.3 is 30.0 Å². The van der Waals surface area contributed by atoms with Gasteiger partial charge in [-0.2, -0.15) is 0 Å². The molecule has 0 aromatic heterocycles. The minimum absolute atomic E-state index is 0.0694. The normalized spacial score (nSPS) is 12.4. The zero-order valence-corrected chi connectivity index (χ0v) is 22.4. The Morgan fingerprint density at radius 2 is 1.59 bits per heavy atom. The highest BCUT2D eigenvalue weighted by molar-refractivity contribution is 5.79. The molecule has 0 aliphatic heterocycles. The number of benzene rings is 2. The third-order valence-electron chi connectivity index (χ3n) is 4.89. The molecule has 0 heterocycles. The summed E-state index contributed by atoms with van der Waals surface area (Å²) in [5.41, 5.74) is 6.09. The van der Waals surface area contributed by atoms with E-state index in [-0.39, 0.29) is 31.7 Å². The molecule has 0 saturated heterocycles. The third-order valence-corrected chi connectivity index (χ3v) is 4.89. The summed E-state index contributed by atoms with van der Waals surface area (Å²) in [6, 6.07) is 13.5. The molecule has 0 unspecified atom stereocenters. The largest absolute Gasteiger partial charge is 0.484 e. The van der Waals surface area contributed by atoms with Gasteiger partial charge in [0.25, 0.3) is 0 Å². The Hall–Kier alpha value is -3.59. The van der Waals surface area contributed by atoms with Gasteiger partial charge in [0.2, 0.25) is 0 Å². The second-order valence-electron chi connectivity index (χ2n) is 10.7. The molecule has 0 saturated carbocycles. The smallest absolute Gasteiger partial charge is 0.410 e. The molecule has 37 heavy (non-hydrogen) atoms. The second-order valence-corrected chi connectivity index (χ2v) is 10.7. The molecule has 9 heteroatoms. The first-order valence-corrected chi connectivity index (χ1v) is 12.2. The van der Waals surface area contributed by atoms with E-state index >= 15 is 0 Å². The van der Waals surface area contributed by atoms with Crippen LogP contribution in [-0.4, -0.2) is 51.8 Å². The summed E-state index contributed by atoms with van der Waals surface area (Å²) in [5.74, 6) is -1.30. The monoisotopic (exact) mass is 514 g/mol. The van der Waals surface area contributed by atoms with E-state index in [2.05, 4.69) is 0 Å². The Morgan fingerprint density at radius 3 is 2.16 bits per heavy atom.